The van der Waals surface area contributed by atoms with E-state index in [9.17, 15) is 9.36 Å². The van der Waals surface area contributed by atoms with Crippen molar-refractivity contribution in [3.05, 3.63) is 0 Å². The fraction of sp³-hybridized carbons (Fsp3) is 0.667. The van der Waals surface area contributed by atoms with Gasteiger partial charge in [-0.1, -0.05) is 0 Å². The Balaban J connectivity index is 4.14. The number of nitrogens with zero attached hydrogens (tertiary/aromatic N) is 1. The first-order chi connectivity index (χ1) is 5.24. The van der Waals surface area contributed by atoms with E-state index in [0.717, 1.165) is 7.05 Å². The van der Waals surface area contributed by atoms with Gasteiger partial charge in [0.2, 0.25) is 0 Å². The molecule has 0 saturated carbocycles. The SMILES string of the molecule is CN(CP(=O)(O)O)C(=O)P(O)O. The predicted octanol–water partition coefficient (Wildman–Crippen LogP) is -0.530. The molecule has 0 aromatic heterocycles. The molecule has 0 heterocycles. The smallest absolute Gasteiger partial charge is 0.343 e. The van der Waals surface area contributed by atoms with Gasteiger partial charge in [-0.3, -0.25) is 9.36 Å². The highest BCUT2D eigenvalue weighted by Gasteiger charge is 2.24. The minimum atomic E-state index is -4.32. The van der Waals surface area contributed by atoms with Gasteiger partial charge in [0.05, 0.1) is 0 Å². The summed E-state index contributed by atoms with van der Waals surface area (Å²) in [5, 5.41) is 0. The van der Waals surface area contributed by atoms with Crippen molar-refractivity contribution < 1.29 is 28.9 Å². The van der Waals surface area contributed by atoms with Gasteiger partial charge in [0.25, 0.3) is 8.38 Å². The van der Waals surface area contributed by atoms with E-state index in [-0.39, 0.29) is 0 Å². The zero-order valence-electron chi connectivity index (χ0n) is 6.15. The standard InChI is InChI=1S/C3H9NO6P2/c1-4(2-12(8,9)10)3(5)11(6)7/h6-7H,2H2,1H3,(H2,8,9,10). The molecule has 1 amide bonds. The van der Waals surface area contributed by atoms with Crippen LogP contribution in [0, 0.1) is 0 Å². The molecule has 0 spiro atoms. The summed E-state index contributed by atoms with van der Waals surface area (Å²) in [6.07, 6.45) is -0.814. The van der Waals surface area contributed by atoms with Gasteiger partial charge < -0.3 is 24.5 Å². The fourth-order valence-electron chi connectivity index (χ4n) is 0.490. The van der Waals surface area contributed by atoms with Crippen molar-refractivity contribution in [3.8, 4) is 0 Å². The van der Waals surface area contributed by atoms with Crippen molar-refractivity contribution in [2.45, 2.75) is 0 Å². The summed E-state index contributed by atoms with van der Waals surface area (Å²) in [5.74, 6) is 0. The Kier molecular flexibility index (Phi) is 4.26. The Morgan fingerprint density at radius 1 is 1.50 bits per heavy atom. The highest BCUT2D eigenvalue weighted by atomic mass is 31.2. The van der Waals surface area contributed by atoms with E-state index in [1.165, 1.54) is 0 Å². The normalized spacial score (nSPS) is 11.8. The molecule has 0 atom stereocenters. The molecule has 0 fully saturated rings. The summed E-state index contributed by atoms with van der Waals surface area (Å²) in [6.45, 7) is 0. The molecule has 72 valence electrons. The van der Waals surface area contributed by atoms with Crippen LogP contribution in [0.15, 0.2) is 0 Å². The third-order valence-electron chi connectivity index (χ3n) is 0.894. The second-order valence-electron chi connectivity index (χ2n) is 2.08. The first-order valence-corrected chi connectivity index (χ1v) is 5.76. The molecule has 0 rings (SSSR count). The molecular weight excluding hydrogens is 208 g/mol. The molecule has 0 aliphatic rings. The van der Waals surface area contributed by atoms with Gasteiger partial charge in [0.15, 0.2) is 0 Å². The van der Waals surface area contributed by atoms with E-state index >= 15 is 0 Å². The molecule has 7 nitrogen and oxygen atoms in total. The Morgan fingerprint density at radius 2 is 1.92 bits per heavy atom. The second kappa shape index (κ2) is 4.28. The lowest BCUT2D eigenvalue weighted by Crippen LogP contribution is -2.24. The van der Waals surface area contributed by atoms with E-state index in [2.05, 4.69) is 0 Å². The summed E-state index contributed by atoms with van der Waals surface area (Å²) in [4.78, 5) is 44.7. The van der Waals surface area contributed by atoms with E-state index in [1.54, 1.807) is 0 Å². The van der Waals surface area contributed by atoms with Crippen LogP contribution in [0.25, 0.3) is 0 Å². The number of rotatable bonds is 3. The molecule has 0 bridgehead atoms. The van der Waals surface area contributed by atoms with Crippen molar-refractivity contribution in [2.75, 3.05) is 13.3 Å². The van der Waals surface area contributed by atoms with Crippen LogP contribution >= 0.6 is 16.0 Å². The largest absolute Gasteiger partial charge is 0.344 e. The average Bonchev–Trinajstić information content (AvgIpc) is 1.82. The van der Waals surface area contributed by atoms with Gasteiger partial charge in [0, 0.05) is 7.05 Å². The van der Waals surface area contributed by atoms with Crippen LogP contribution in [-0.4, -0.2) is 43.5 Å². The summed E-state index contributed by atoms with van der Waals surface area (Å²) < 4.78 is 10.3. The van der Waals surface area contributed by atoms with Crippen LogP contribution in [0.1, 0.15) is 0 Å². The fourth-order valence-corrected chi connectivity index (χ4v) is 1.66. The molecule has 0 aliphatic carbocycles. The van der Waals surface area contributed by atoms with Crippen molar-refractivity contribution in [3.63, 3.8) is 0 Å². The summed E-state index contributed by atoms with van der Waals surface area (Å²) in [6, 6.07) is 0. The summed E-state index contributed by atoms with van der Waals surface area (Å²) in [5.41, 5.74) is -1.09. The minimum absolute atomic E-state index is 0.576. The van der Waals surface area contributed by atoms with E-state index in [0.29, 0.717) is 4.90 Å². The quantitative estimate of drug-likeness (QED) is 0.472. The molecule has 9 heteroatoms. The highest BCUT2D eigenvalue weighted by Crippen LogP contribution is 2.37. The third kappa shape index (κ3) is 4.77. The zero-order valence-corrected chi connectivity index (χ0v) is 7.94. The van der Waals surface area contributed by atoms with Gasteiger partial charge in [0.1, 0.15) is 6.29 Å². The monoisotopic (exact) mass is 217 g/mol. The zero-order chi connectivity index (χ0) is 9.94. The molecule has 0 radical (unpaired) electrons. The predicted molar refractivity (Wildman–Crippen MR) is 41.4 cm³/mol. The van der Waals surface area contributed by atoms with Crippen molar-refractivity contribution >= 4 is 21.6 Å². The van der Waals surface area contributed by atoms with Gasteiger partial charge in [-0.2, -0.15) is 0 Å². The maximum atomic E-state index is 10.6. The second-order valence-corrected chi connectivity index (χ2v) is 4.65. The number of amides is 1. The summed E-state index contributed by atoms with van der Waals surface area (Å²) >= 11 is 0. The van der Waals surface area contributed by atoms with Crippen molar-refractivity contribution in [1.82, 2.24) is 4.90 Å². The molecule has 0 aliphatic heterocycles. The van der Waals surface area contributed by atoms with E-state index in [1.807, 2.05) is 0 Å². The van der Waals surface area contributed by atoms with Crippen LogP contribution in [-0.2, 0) is 4.57 Å². The first-order valence-electron chi connectivity index (χ1n) is 2.71. The molecule has 12 heavy (non-hydrogen) atoms. The van der Waals surface area contributed by atoms with Crippen LogP contribution in [0.3, 0.4) is 0 Å². The minimum Gasteiger partial charge on any atom is -0.343 e. The number of hydrogen-bond acceptors (Lipinski definition) is 4. The van der Waals surface area contributed by atoms with Crippen LogP contribution in [0.2, 0.25) is 0 Å². The van der Waals surface area contributed by atoms with E-state index in [4.69, 9.17) is 19.6 Å². The van der Waals surface area contributed by atoms with Crippen LogP contribution in [0.4, 0.5) is 4.79 Å². The van der Waals surface area contributed by atoms with Gasteiger partial charge in [-0.15, -0.1) is 0 Å². The van der Waals surface area contributed by atoms with Gasteiger partial charge in [-0.05, 0) is 0 Å². The molecule has 0 saturated heterocycles. The lowest BCUT2D eigenvalue weighted by Gasteiger charge is -2.17. The average molecular weight is 217 g/mol. The lowest BCUT2D eigenvalue weighted by atomic mass is 11.0. The van der Waals surface area contributed by atoms with Gasteiger partial charge in [-0.25, -0.2) is 0 Å². The molecule has 0 aromatic rings. The number of hydrogen-bond donors (Lipinski definition) is 4. The number of carbonyl (C=O) groups is 1. The number of carbonyl (C=O) groups excluding carboxylic acids is 1. The van der Waals surface area contributed by atoms with E-state index < -0.39 is 27.9 Å². The lowest BCUT2D eigenvalue weighted by molar-refractivity contribution is 0.228. The molecule has 0 aromatic carbocycles. The maximum absolute atomic E-state index is 10.6. The Hall–Kier alpha value is -0.0300. The molecular formula is C3H9NO6P2. The van der Waals surface area contributed by atoms with Crippen molar-refractivity contribution in [1.29, 1.82) is 0 Å². The Morgan fingerprint density at radius 3 is 2.17 bits per heavy atom. The molecule has 0 unspecified atom stereocenters. The van der Waals surface area contributed by atoms with Gasteiger partial charge >= 0.3 is 13.2 Å². The van der Waals surface area contributed by atoms with Crippen LogP contribution < -0.4 is 0 Å². The Labute approximate surface area is 69.7 Å². The highest BCUT2D eigenvalue weighted by molar-refractivity contribution is 7.64. The van der Waals surface area contributed by atoms with Crippen molar-refractivity contribution in [2.24, 2.45) is 0 Å². The third-order valence-corrected chi connectivity index (χ3v) is 2.37. The van der Waals surface area contributed by atoms with Crippen LogP contribution in [0.5, 0.6) is 0 Å². The Bertz CT molecular complexity index is 211. The maximum Gasteiger partial charge on any atom is 0.344 e. The first kappa shape index (κ1) is 12.0. The summed E-state index contributed by atoms with van der Waals surface area (Å²) in [7, 11) is -6.06. The topological polar surface area (TPSA) is 118 Å². The molecule has 4 N–H and O–H groups in total.